The molecule has 0 saturated carbocycles. The second-order valence-electron chi connectivity index (χ2n) is 6.05. The van der Waals surface area contributed by atoms with Gasteiger partial charge in [-0.2, -0.15) is 4.31 Å². The number of hydrogen-bond donors (Lipinski definition) is 2. The first-order valence-electron chi connectivity index (χ1n) is 8.15. The monoisotopic (exact) mass is 443 g/mol. The molecule has 0 heterocycles. The highest BCUT2D eigenvalue weighted by molar-refractivity contribution is 7.89. The number of sulfonamides is 1. The molecule has 2 N–H and O–H groups in total. The summed E-state index contributed by atoms with van der Waals surface area (Å²) in [4.78, 5) is 24.0. The van der Waals surface area contributed by atoms with Crippen molar-refractivity contribution < 1.29 is 18.0 Å². The number of likely N-dealkylation sites (N-methyl/N-ethyl adjacent to an activating group) is 1. The van der Waals surface area contributed by atoms with Crippen molar-refractivity contribution in [1.82, 2.24) is 15.2 Å². The fourth-order valence-electron chi connectivity index (χ4n) is 2.26. The molecule has 10 heteroatoms. The van der Waals surface area contributed by atoms with E-state index in [1.165, 1.54) is 19.2 Å². The third-order valence-corrected chi connectivity index (χ3v) is 6.36. The first-order valence-corrected chi connectivity index (χ1v) is 10.3. The number of rotatable bonds is 6. The van der Waals surface area contributed by atoms with Crippen molar-refractivity contribution in [2.24, 2.45) is 0 Å². The molecule has 2 aromatic rings. The Balaban J connectivity index is 1.91. The molecule has 0 atom stereocenters. The van der Waals surface area contributed by atoms with Crippen LogP contribution >= 0.6 is 23.2 Å². The van der Waals surface area contributed by atoms with Gasteiger partial charge in [-0.3, -0.25) is 20.4 Å². The van der Waals surface area contributed by atoms with Crippen LogP contribution in [0.1, 0.15) is 11.1 Å². The Bertz CT molecular complexity index is 959. The average molecular weight is 444 g/mol. The summed E-state index contributed by atoms with van der Waals surface area (Å²) in [5.74, 6) is -1.25. The molecule has 0 aliphatic rings. The van der Waals surface area contributed by atoms with Crippen LogP contribution in [0.25, 0.3) is 0 Å². The number of carbonyl (C=O) groups is 2. The summed E-state index contributed by atoms with van der Waals surface area (Å²) in [5, 5.41) is 0.663. The summed E-state index contributed by atoms with van der Waals surface area (Å²) >= 11 is 12.0. The summed E-state index contributed by atoms with van der Waals surface area (Å²) in [7, 11) is -2.55. The van der Waals surface area contributed by atoms with Crippen molar-refractivity contribution in [2.75, 3.05) is 13.6 Å². The number of nitrogens with zero attached hydrogens (tertiary/aromatic N) is 1. The molecule has 150 valence electrons. The molecule has 2 rings (SSSR count). The van der Waals surface area contributed by atoms with Crippen LogP contribution in [0.2, 0.25) is 10.0 Å². The Morgan fingerprint density at radius 2 is 1.50 bits per heavy atom. The van der Waals surface area contributed by atoms with Gasteiger partial charge in [-0.1, -0.05) is 47.0 Å². The maximum absolute atomic E-state index is 12.5. The Hall–Kier alpha value is -2.13. The van der Waals surface area contributed by atoms with E-state index in [2.05, 4.69) is 10.9 Å². The predicted octanol–water partition coefficient (Wildman–Crippen LogP) is 2.31. The number of hydrogen-bond acceptors (Lipinski definition) is 4. The third-order valence-electron chi connectivity index (χ3n) is 3.84. The van der Waals surface area contributed by atoms with E-state index in [-0.39, 0.29) is 11.3 Å². The van der Waals surface area contributed by atoms with Crippen molar-refractivity contribution in [3.63, 3.8) is 0 Å². The van der Waals surface area contributed by atoms with E-state index in [9.17, 15) is 18.0 Å². The lowest BCUT2D eigenvalue weighted by atomic mass is 10.1. The van der Waals surface area contributed by atoms with E-state index in [1.54, 1.807) is 30.3 Å². The summed E-state index contributed by atoms with van der Waals surface area (Å²) in [6, 6.07) is 11.1. The summed E-state index contributed by atoms with van der Waals surface area (Å²) < 4.78 is 25.8. The zero-order valence-electron chi connectivity index (χ0n) is 15.2. The van der Waals surface area contributed by atoms with Gasteiger partial charge in [0.25, 0.3) is 5.91 Å². The molecular formula is C18H19Cl2N3O4S. The number of benzene rings is 2. The molecule has 0 aliphatic carbocycles. The largest absolute Gasteiger partial charge is 0.273 e. The number of amides is 2. The minimum atomic E-state index is -3.82. The fraction of sp³-hybridized carbons (Fsp3) is 0.222. The molecule has 2 aromatic carbocycles. The van der Waals surface area contributed by atoms with Crippen LogP contribution < -0.4 is 10.9 Å². The first kappa shape index (κ1) is 22.2. The van der Waals surface area contributed by atoms with Gasteiger partial charge in [-0.05, 0) is 36.8 Å². The van der Waals surface area contributed by atoms with Crippen LogP contribution in [0.4, 0.5) is 0 Å². The smallest absolute Gasteiger partial charge is 0.253 e. The van der Waals surface area contributed by atoms with Gasteiger partial charge in [0.05, 0.1) is 17.9 Å². The van der Waals surface area contributed by atoms with E-state index in [4.69, 9.17) is 23.2 Å². The minimum Gasteiger partial charge on any atom is -0.273 e. The van der Waals surface area contributed by atoms with Gasteiger partial charge in [-0.15, -0.1) is 0 Å². The predicted molar refractivity (Wildman–Crippen MR) is 107 cm³/mol. The lowest BCUT2D eigenvalue weighted by Gasteiger charge is -2.17. The second kappa shape index (κ2) is 9.38. The Morgan fingerprint density at radius 1 is 0.964 bits per heavy atom. The van der Waals surface area contributed by atoms with Crippen molar-refractivity contribution in [3.05, 3.63) is 63.6 Å². The molecule has 28 heavy (non-hydrogen) atoms. The zero-order chi connectivity index (χ0) is 20.9. The standard InChI is InChI=1S/C18H19Cl2N3O4S/c1-12-6-8-13(9-7-12)28(26,27)23(2)11-18(25)22-21-17(24)10-14-15(19)4-3-5-16(14)20/h3-9H,10-11H2,1-2H3,(H,21,24)(H,22,25). The molecular weight excluding hydrogens is 425 g/mol. The van der Waals surface area contributed by atoms with Gasteiger partial charge >= 0.3 is 0 Å². The number of halogens is 2. The van der Waals surface area contributed by atoms with Gasteiger partial charge in [0, 0.05) is 17.1 Å². The van der Waals surface area contributed by atoms with Crippen molar-refractivity contribution >= 4 is 45.0 Å². The fourth-order valence-corrected chi connectivity index (χ4v) is 3.92. The highest BCUT2D eigenvalue weighted by atomic mass is 35.5. The van der Waals surface area contributed by atoms with Crippen LogP contribution in [-0.4, -0.2) is 38.1 Å². The van der Waals surface area contributed by atoms with Crippen molar-refractivity contribution in [3.8, 4) is 0 Å². The van der Waals surface area contributed by atoms with Gasteiger partial charge < -0.3 is 0 Å². The molecule has 0 bridgehead atoms. The highest BCUT2D eigenvalue weighted by Gasteiger charge is 2.23. The van der Waals surface area contributed by atoms with Crippen LogP contribution in [0.3, 0.4) is 0 Å². The minimum absolute atomic E-state index is 0.0748. The third kappa shape index (κ3) is 5.68. The average Bonchev–Trinajstić information content (AvgIpc) is 2.63. The second-order valence-corrected chi connectivity index (χ2v) is 8.91. The molecule has 7 nitrogen and oxygen atoms in total. The molecule has 0 aromatic heterocycles. The van der Waals surface area contributed by atoms with Gasteiger partial charge in [0.15, 0.2) is 0 Å². The van der Waals surface area contributed by atoms with E-state index in [0.29, 0.717) is 15.6 Å². The molecule has 2 amide bonds. The summed E-state index contributed by atoms with van der Waals surface area (Å²) in [6.45, 7) is 1.37. The Morgan fingerprint density at radius 3 is 2.07 bits per heavy atom. The maximum Gasteiger partial charge on any atom is 0.253 e. The number of nitrogens with one attached hydrogen (secondary N) is 2. The van der Waals surface area contributed by atoms with Gasteiger partial charge in [-0.25, -0.2) is 8.42 Å². The lowest BCUT2D eigenvalue weighted by Crippen LogP contribution is -2.47. The van der Waals surface area contributed by atoms with E-state index >= 15 is 0 Å². The number of hydrazine groups is 1. The van der Waals surface area contributed by atoms with Crippen LogP contribution in [-0.2, 0) is 26.0 Å². The number of carbonyl (C=O) groups excluding carboxylic acids is 2. The normalized spacial score (nSPS) is 11.3. The SMILES string of the molecule is Cc1ccc(S(=O)(=O)N(C)CC(=O)NNC(=O)Cc2c(Cl)cccc2Cl)cc1. The maximum atomic E-state index is 12.5. The van der Waals surface area contributed by atoms with Crippen LogP contribution in [0.15, 0.2) is 47.4 Å². The summed E-state index contributed by atoms with van der Waals surface area (Å²) in [5.41, 5.74) is 5.73. The molecule has 0 spiro atoms. The quantitative estimate of drug-likeness (QED) is 0.669. The molecule has 0 fully saturated rings. The van der Waals surface area contributed by atoms with E-state index in [1.807, 2.05) is 6.92 Å². The van der Waals surface area contributed by atoms with Crippen LogP contribution in [0.5, 0.6) is 0 Å². The summed E-state index contributed by atoms with van der Waals surface area (Å²) in [6.07, 6.45) is -0.143. The molecule has 0 saturated heterocycles. The lowest BCUT2D eigenvalue weighted by molar-refractivity contribution is -0.128. The van der Waals surface area contributed by atoms with Gasteiger partial charge in [0.1, 0.15) is 0 Å². The van der Waals surface area contributed by atoms with Crippen molar-refractivity contribution in [2.45, 2.75) is 18.2 Å². The molecule has 0 aliphatic heterocycles. The van der Waals surface area contributed by atoms with Crippen LogP contribution in [0, 0.1) is 6.92 Å². The van der Waals surface area contributed by atoms with E-state index in [0.717, 1.165) is 9.87 Å². The number of aryl methyl sites for hydroxylation is 1. The van der Waals surface area contributed by atoms with Gasteiger partial charge in [0.2, 0.25) is 15.9 Å². The molecule has 0 radical (unpaired) electrons. The van der Waals surface area contributed by atoms with Crippen molar-refractivity contribution in [1.29, 1.82) is 0 Å². The Kier molecular flexibility index (Phi) is 7.42. The Labute approximate surface area is 173 Å². The topological polar surface area (TPSA) is 95.6 Å². The van der Waals surface area contributed by atoms with E-state index < -0.39 is 28.4 Å². The zero-order valence-corrected chi connectivity index (χ0v) is 17.5. The molecule has 0 unspecified atom stereocenters. The first-order chi connectivity index (χ1) is 13.1. The highest BCUT2D eigenvalue weighted by Crippen LogP contribution is 2.24.